The average Bonchev–Trinajstić information content (AvgIpc) is 3.30. The maximum absolute atomic E-state index is 13.3. The first kappa shape index (κ1) is 23.9. The third kappa shape index (κ3) is 5.31. The number of benzene rings is 1. The number of hydrogen-bond donors (Lipinski definition) is 1. The molecule has 2 aliphatic rings. The Bertz CT molecular complexity index is 1130. The van der Waals surface area contributed by atoms with Gasteiger partial charge in [0.2, 0.25) is 15.9 Å². The zero-order chi connectivity index (χ0) is 23.6. The quantitative estimate of drug-likeness (QED) is 0.676. The second kappa shape index (κ2) is 9.95. The Morgan fingerprint density at radius 1 is 1.21 bits per heavy atom. The first-order valence-corrected chi connectivity index (χ1v) is 13.8. The van der Waals surface area contributed by atoms with Gasteiger partial charge in [0.15, 0.2) is 0 Å². The van der Waals surface area contributed by atoms with Crippen LogP contribution in [0.1, 0.15) is 47.5 Å². The minimum absolute atomic E-state index is 0.0173. The van der Waals surface area contributed by atoms with Crippen molar-refractivity contribution in [1.29, 1.82) is 0 Å². The molecule has 1 atom stereocenters. The molecule has 1 saturated heterocycles. The molecule has 1 aromatic carbocycles. The molecule has 2 aromatic rings. The van der Waals surface area contributed by atoms with E-state index in [4.69, 9.17) is 0 Å². The predicted octanol–water partition coefficient (Wildman–Crippen LogP) is 3.12. The monoisotopic (exact) mass is 489 g/mol. The summed E-state index contributed by atoms with van der Waals surface area (Å²) >= 11 is 1.67. The van der Waals surface area contributed by atoms with Crippen LogP contribution < -0.4 is 5.32 Å². The fraction of sp³-hybridized carbons (Fsp3) is 0.500. The van der Waals surface area contributed by atoms with Crippen LogP contribution in [0.5, 0.6) is 0 Å². The highest BCUT2D eigenvalue weighted by molar-refractivity contribution is 7.89. The molecule has 2 amide bonds. The number of rotatable bonds is 6. The third-order valence-corrected chi connectivity index (χ3v) is 9.25. The number of carbonyl (C=O) groups excluding carboxylic acids is 2. The van der Waals surface area contributed by atoms with Gasteiger partial charge in [-0.1, -0.05) is 19.9 Å². The topological polar surface area (TPSA) is 86.8 Å². The lowest BCUT2D eigenvalue weighted by Crippen LogP contribution is -2.44. The number of thiophene rings is 1. The van der Waals surface area contributed by atoms with Crippen molar-refractivity contribution in [3.8, 4) is 0 Å². The van der Waals surface area contributed by atoms with Crippen molar-refractivity contribution in [3.63, 3.8) is 0 Å². The molecular formula is C24H31N3O4S2. The minimum Gasteiger partial charge on any atom is -0.356 e. The van der Waals surface area contributed by atoms with E-state index in [1.165, 1.54) is 15.2 Å². The summed E-state index contributed by atoms with van der Waals surface area (Å²) in [6.45, 7) is 6.28. The van der Waals surface area contributed by atoms with E-state index < -0.39 is 10.0 Å². The Balaban J connectivity index is 1.45. The van der Waals surface area contributed by atoms with Crippen LogP contribution in [-0.4, -0.2) is 55.6 Å². The molecule has 0 spiro atoms. The Kier molecular flexibility index (Phi) is 7.21. The van der Waals surface area contributed by atoms with E-state index in [1.807, 2.05) is 25.3 Å². The first-order chi connectivity index (χ1) is 15.8. The number of sulfonamides is 1. The second-order valence-electron chi connectivity index (χ2n) is 9.14. The highest BCUT2D eigenvalue weighted by atomic mass is 32.2. The maximum atomic E-state index is 13.3. The van der Waals surface area contributed by atoms with Crippen LogP contribution in [0.15, 0.2) is 40.6 Å². The molecule has 0 aliphatic carbocycles. The number of likely N-dealkylation sites (tertiary alicyclic amines) is 1. The summed E-state index contributed by atoms with van der Waals surface area (Å²) in [7, 11) is -3.69. The summed E-state index contributed by atoms with van der Waals surface area (Å²) in [5.41, 5.74) is 1.45. The Morgan fingerprint density at radius 3 is 2.82 bits per heavy atom. The van der Waals surface area contributed by atoms with Gasteiger partial charge in [0.25, 0.3) is 5.91 Å². The number of nitrogens with zero attached hydrogens (tertiary/aromatic N) is 2. The molecule has 1 fully saturated rings. The third-order valence-electron chi connectivity index (χ3n) is 6.39. The Labute approximate surface area is 199 Å². The molecule has 0 saturated carbocycles. The zero-order valence-corrected chi connectivity index (χ0v) is 20.8. The van der Waals surface area contributed by atoms with Gasteiger partial charge in [-0.05, 0) is 60.4 Å². The average molecular weight is 490 g/mol. The van der Waals surface area contributed by atoms with Gasteiger partial charge in [-0.25, -0.2) is 8.42 Å². The van der Waals surface area contributed by atoms with Gasteiger partial charge in [0.1, 0.15) is 0 Å². The van der Waals surface area contributed by atoms with Crippen molar-refractivity contribution < 1.29 is 18.0 Å². The summed E-state index contributed by atoms with van der Waals surface area (Å²) < 4.78 is 28.1. The summed E-state index contributed by atoms with van der Waals surface area (Å²) in [5.74, 6) is -0.0120. The fourth-order valence-electron chi connectivity index (χ4n) is 4.41. The second-order valence-corrected chi connectivity index (χ2v) is 12.1. The van der Waals surface area contributed by atoms with Crippen LogP contribution in [-0.2, 0) is 27.8 Å². The summed E-state index contributed by atoms with van der Waals surface area (Å²) in [6.07, 6.45) is 2.53. The van der Waals surface area contributed by atoms with Gasteiger partial charge in [-0.2, -0.15) is 4.31 Å². The van der Waals surface area contributed by atoms with Crippen LogP contribution in [0.25, 0.3) is 0 Å². The van der Waals surface area contributed by atoms with E-state index in [0.29, 0.717) is 44.7 Å². The number of piperidine rings is 1. The van der Waals surface area contributed by atoms with Crippen molar-refractivity contribution in [3.05, 3.63) is 51.7 Å². The molecule has 33 heavy (non-hydrogen) atoms. The lowest BCUT2D eigenvalue weighted by molar-refractivity contribution is -0.124. The molecule has 0 bridgehead atoms. The molecule has 3 heterocycles. The highest BCUT2D eigenvalue weighted by Gasteiger charge is 2.30. The molecule has 2 aliphatic heterocycles. The minimum atomic E-state index is -3.69. The van der Waals surface area contributed by atoms with Crippen LogP contribution in [0.4, 0.5) is 0 Å². The van der Waals surface area contributed by atoms with Gasteiger partial charge < -0.3 is 10.2 Å². The van der Waals surface area contributed by atoms with E-state index in [9.17, 15) is 18.0 Å². The molecule has 4 rings (SSSR count). The number of nitrogens with one attached hydrogen (secondary N) is 1. The van der Waals surface area contributed by atoms with Crippen LogP contribution in [0.3, 0.4) is 0 Å². The Hall–Kier alpha value is -2.23. The van der Waals surface area contributed by atoms with Gasteiger partial charge in [-0.15, -0.1) is 11.3 Å². The summed E-state index contributed by atoms with van der Waals surface area (Å²) in [5, 5.41) is 4.96. The smallest absolute Gasteiger partial charge is 0.253 e. The predicted molar refractivity (Wildman–Crippen MR) is 129 cm³/mol. The molecule has 9 heteroatoms. The number of carbonyl (C=O) groups is 2. The lowest BCUT2D eigenvalue weighted by Gasteiger charge is -2.33. The largest absolute Gasteiger partial charge is 0.356 e. The standard InChI is InChI=1S/C24H31N3O4S2/c1-17(2)23(28)25-14-18-5-4-10-26(15-18)24(29)19-6-3-7-21(13-19)33(30,31)27-11-8-22-20(16-27)9-12-32-22/h3,6-7,9,12-13,17-18H,4-5,8,10-11,14-16H2,1-2H3,(H,25,28). The van der Waals surface area contributed by atoms with Gasteiger partial charge in [0, 0.05) is 49.1 Å². The lowest BCUT2D eigenvalue weighted by atomic mass is 9.97. The van der Waals surface area contributed by atoms with E-state index in [-0.39, 0.29) is 28.5 Å². The van der Waals surface area contributed by atoms with Crippen LogP contribution in [0, 0.1) is 11.8 Å². The van der Waals surface area contributed by atoms with Crippen LogP contribution >= 0.6 is 11.3 Å². The first-order valence-electron chi connectivity index (χ1n) is 11.5. The van der Waals surface area contributed by atoms with Crippen LogP contribution in [0.2, 0.25) is 0 Å². The van der Waals surface area contributed by atoms with Crippen molar-refractivity contribution in [2.45, 2.75) is 44.6 Å². The number of hydrogen-bond acceptors (Lipinski definition) is 5. The van der Waals surface area contributed by atoms with E-state index in [0.717, 1.165) is 18.4 Å². The van der Waals surface area contributed by atoms with Crippen molar-refractivity contribution in [2.75, 3.05) is 26.2 Å². The zero-order valence-electron chi connectivity index (χ0n) is 19.1. The number of amides is 2. The van der Waals surface area contributed by atoms with E-state index >= 15 is 0 Å². The van der Waals surface area contributed by atoms with Gasteiger partial charge in [-0.3, -0.25) is 9.59 Å². The van der Waals surface area contributed by atoms with E-state index in [1.54, 1.807) is 34.4 Å². The van der Waals surface area contributed by atoms with Crippen molar-refractivity contribution in [2.24, 2.45) is 11.8 Å². The Morgan fingerprint density at radius 2 is 2.03 bits per heavy atom. The molecule has 7 nitrogen and oxygen atoms in total. The SMILES string of the molecule is CC(C)C(=O)NCC1CCCN(C(=O)c2cccc(S(=O)(=O)N3CCc4sccc4C3)c2)C1. The molecule has 1 unspecified atom stereocenters. The molecule has 1 N–H and O–H groups in total. The van der Waals surface area contributed by atoms with Crippen molar-refractivity contribution in [1.82, 2.24) is 14.5 Å². The van der Waals surface area contributed by atoms with Gasteiger partial charge >= 0.3 is 0 Å². The normalized spacial score (nSPS) is 19.4. The summed E-state index contributed by atoms with van der Waals surface area (Å²) in [6, 6.07) is 8.38. The molecule has 178 valence electrons. The fourth-order valence-corrected chi connectivity index (χ4v) is 6.77. The number of fused-ring (bicyclic) bond motifs is 1. The highest BCUT2D eigenvalue weighted by Crippen LogP contribution is 2.28. The van der Waals surface area contributed by atoms with E-state index in [2.05, 4.69) is 5.32 Å². The maximum Gasteiger partial charge on any atom is 0.253 e. The van der Waals surface area contributed by atoms with Crippen molar-refractivity contribution >= 4 is 33.2 Å². The molecule has 0 radical (unpaired) electrons. The van der Waals surface area contributed by atoms with Gasteiger partial charge in [0.05, 0.1) is 4.90 Å². The summed E-state index contributed by atoms with van der Waals surface area (Å²) in [4.78, 5) is 28.3. The molecular weight excluding hydrogens is 458 g/mol. The molecule has 1 aromatic heterocycles.